The summed E-state index contributed by atoms with van der Waals surface area (Å²) in [6, 6.07) is 6.09. The van der Waals surface area contributed by atoms with Crippen molar-refractivity contribution in [2.24, 2.45) is 5.92 Å². The van der Waals surface area contributed by atoms with Gasteiger partial charge in [0.05, 0.1) is 11.6 Å². The summed E-state index contributed by atoms with van der Waals surface area (Å²) in [6.07, 6.45) is 4.87. The molecule has 0 radical (unpaired) electrons. The Morgan fingerprint density at radius 2 is 2.00 bits per heavy atom. The average molecular weight is 404 g/mol. The fourth-order valence-electron chi connectivity index (χ4n) is 2.92. The van der Waals surface area contributed by atoms with E-state index < -0.39 is 0 Å². The molecule has 0 atom stereocenters. The van der Waals surface area contributed by atoms with Crippen LogP contribution in [0.25, 0.3) is 0 Å². The van der Waals surface area contributed by atoms with Crippen LogP contribution >= 0.6 is 28.3 Å². The summed E-state index contributed by atoms with van der Waals surface area (Å²) < 4.78 is 6.03. The number of methoxy groups -OCH3 is 1. The first-order valence-electron chi connectivity index (χ1n) is 8.03. The maximum Gasteiger partial charge on any atom is 0.253 e. The number of nitrogens with zero attached hydrogens (tertiary/aromatic N) is 1. The monoisotopic (exact) mass is 402 g/mol. The van der Waals surface area contributed by atoms with Crippen molar-refractivity contribution in [3.8, 4) is 5.75 Å². The van der Waals surface area contributed by atoms with Crippen molar-refractivity contribution in [3.05, 3.63) is 28.2 Å². The molecule has 1 saturated heterocycles. The SMILES string of the molecule is COc1ccc(C(=O)N2CCC(NCC3CC3)CC2)cc1Br.Cl. The second-order valence-electron chi connectivity index (χ2n) is 6.27. The second-order valence-corrected chi connectivity index (χ2v) is 7.12. The zero-order valence-corrected chi connectivity index (χ0v) is 15.8. The van der Waals surface area contributed by atoms with Gasteiger partial charge in [-0.3, -0.25) is 4.79 Å². The predicted octanol–water partition coefficient (Wildman–Crippen LogP) is 3.48. The lowest BCUT2D eigenvalue weighted by Crippen LogP contribution is -2.45. The highest BCUT2D eigenvalue weighted by atomic mass is 79.9. The smallest absolute Gasteiger partial charge is 0.253 e. The molecule has 6 heteroatoms. The molecule has 1 aromatic rings. The van der Waals surface area contributed by atoms with Crippen molar-refractivity contribution in [3.63, 3.8) is 0 Å². The van der Waals surface area contributed by atoms with E-state index in [1.807, 2.05) is 23.1 Å². The van der Waals surface area contributed by atoms with Crippen LogP contribution in [0.4, 0.5) is 0 Å². The predicted molar refractivity (Wildman–Crippen MR) is 97.6 cm³/mol. The van der Waals surface area contributed by atoms with Gasteiger partial charge in [-0.2, -0.15) is 0 Å². The number of halogens is 2. The molecule has 1 saturated carbocycles. The molecular weight excluding hydrogens is 380 g/mol. The Labute approximate surface area is 152 Å². The normalized spacial score (nSPS) is 18.4. The van der Waals surface area contributed by atoms with E-state index in [-0.39, 0.29) is 18.3 Å². The Bertz CT molecular complexity index is 543. The minimum absolute atomic E-state index is 0. The molecule has 3 rings (SSSR count). The molecule has 0 spiro atoms. The summed E-state index contributed by atoms with van der Waals surface area (Å²) in [5.74, 6) is 1.78. The number of carbonyl (C=O) groups excluding carboxylic acids is 1. The Morgan fingerprint density at radius 1 is 1.30 bits per heavy atom. The maximum atomic E-state index is 12.6. The van der Waals surface area contributed by atoms with Crippen molar-refractivity contribution >= 4 is 34.2 Å². The van der Waals surface area contributed by atoms with E-state index in [1.165, 1.54) is 12.8 Å². The topological polar surface area (TPSA) is 41.6 Å². The molecule has 0 aromatic heterocycles. The molecule has 0 unspecified atom stereocenters. The van der Waals surface area contributed by atoms with E-state index >= 15 is 0 Å². The van der Waals surface area contributed by atoms with Gasteiger partial charge < -0.3 is 15.0 Å². The summed E-state index contributed by atoms with van der Waals surface area (Å²) >= 11 is 3.44. The quantitative estimate of drug-likeness (QED) is 0.818. The van der Waals surface area contributed by atoms with Gasteiger partial charge in [0.1, 0.15) is 5.75 Å². The largest absolute Gasteiger partial charge is 0.496 e. The molecule has 128 valence electrons. The van der Waals surface area contributed by atoms with Crippen LogP contribution in [0.3, 0.4) is 0 Å². The fraction of sp³-hybridized carbons (Fsp3) is 0.588. The third kappa shape index (κ3) is 4.85. The number of hydrogen-bond acceptors (Lipinski definition) is 3. The van der Waals surface area contributed by atoms with E-state index in [0.717, 1.165) is 54.2 Å². The van der Waals surface area contributed by atoms with Gasteiger partial charge in [0.2, 0.25) is 0 Å². The number of ether oxygens (including phenoxy) is 1. The van der Waals surface area contributed by atoms with Gasteiger partial charge in [-0.25, -0.2) is 0 Å². The summed E-state index contributed by atoms with van der Waals surface area (Å²) in [5.41, 5.74) is 0.720. The zero-order valence-electron chi connectivity index (χ0n) is 13.4. The van der Waals surface area contributed by atoms with Gasteiger partial charge in [0.15, 0.2) is 0 Å². The zero-order chi connectivity index (χ0) is 15.5. The van der Waals surface area contributed by atoms with Crippen LogP contribution in [0.2, 0.25) is 0 Å². The summed E-state index contributed by atoms with van der Waals surface area (Å²) in [6.45, 7) is 2.83. The van der Waals surface area contributed by atoms with Crippen molar-refractivity contribution in [1.29, 1.82) is 0 Å². The van der Waals surface area contributed by atoms with E-state index in [2.05, 4.69) is 21.2 Å². The number of hydrogen-bond donors (Lipinski definition) is 1. The molecule has 1 N–H and O–H groups in total. The van der Waals surface area contributed by atoms with Gasteiger partial charge in [-0.15, -0.1) is 12.4 Å². The van der Waals surface area contributed by atoms with Crippen molar-refractivity contribution < 1.29 is 9.53 Å². The number of piperidine rings is 1. The number of rotatable bonds is 5. The van der Waals surface area contributed by atoms with Crippen LogP contribution in [0.15, 0.2) is 22.7 Å². The van der Waals surface area contributed by atoms with Crippen LogP contribution in [0, 0.1) is 5.92 Å². The molecular formula is C17H24BrClN2O2. The molecule has 0 bridgehead atoms. The van der Waals surface area contributed by atoms with Crippen molar-refractivity contribution in [2.45, 2.75) is 31.7 Å². The van der Waals surface area contributed by atoms with E-state index in [1.54, 1.807) is 7.11 Å². The standard InChI is InChI=1S/C17H23BrN2O2.ClH/c1-22-16-5-4-13(10-15(16)18)17(21)20-8-6-14(7-9-20)19-11-12-2-3-12;/h4-5,10,12,14,19H,2-3,6-9,11H2,1H3;1H. The lowest BCUT2D eigenvalue weighted by Gasteiger charge is -2.32. The van der Waals surface area contributed by atoms with Crippen LogP contribution in [0.5, 0.6) is 5.75 Å². The molecule has 1 aromatic carbocycles. The molecule has 1 amide bonds. The maximum absolute atomic E-state index is 12.6. The number of benzene rings is 1. The Morgan fingerprint density at radius 3 is 2.57 bits per heavy atom. The Balaban J connectivity index is 0.00000192. The molecule has 4 nitrogen and oxygen atoms in total. The number of likely N-dealkylation sites (tertiary alicyclic amines) is 1. The highest BCUT2D eigenvalue weighted by molar-refractivity contribution is 9.10. The van der Waals surface area contributed by atoms with E-state index in [0.29, 0.717) is 6.04 Å². The molecule has 1 heterocycles. The Hall–Kier alpha value is -0.780. The molecule has 1 aliphatic heterocycles. The molecule has 1 aliphatic carbocycles. The highest BCUT2D eigenvalue weighted by Crippen LogP contribution is 2.28. The lowest BCUT2D eigenvalue weighted by atomic mass is 10.0. The van der Waals surface area contributed by atoms with Crippen molar-refractivity contribution in [1.82, 2.24) is 10.2 Å². The average Bonchev–Trinajstić information content (AvgIpc) is 3.37. The summed E-state index contributed by atoms with van der Waals surface area (Å²) in [5, 5.41) is 3.64. The van der Waals surface area contributed by atoms with E-state index in [9.17, 15) is 4.79 Å². The lowest BCUT2D eigenvalue weighted by molar-refractivity contribution is 0.0705. The van der Waals surface area contributed by atoms with Crippen LogP contribution < -0.4 is 10.1 Å². The molecule has 23 heavy (non-hydrogen) atoms. The number of carbonyl (C=O) groups is 1. The van der Waals surface area contributed by atoms with Gasteiger partial charge >= 0.3 is 0 Å². The van der Waals surface area contributed by atoms with Gasteiger partial charge in [-0.1, -0.05) is 0 Å². The number of amides is 1. The first kappa shape index (κ1) is 18.6. The first-order valence-corrected chi connectivity index (χ1v) is 8.83. The minimum Gasteiger partial charge on any atom is -0.496 e. The summed E-state index contributed by atoms with van der Waals surface area (Å²) in [7, 11) is 1.63. The van der Waals surface area contributed by atoms with Gasteiger partial charge in [0.25, 0.3) is 5.91 Å². The summed E-state index contributed by atoms with van der Waals surface area (Å²) in [4.78, 5) is 14.5. The fourth-order valence-corrected chi connectivity index (χ4v) is 3.46. The molecule has 2 aliphatic rings. The van der Waals surface area contributed by atoms with Crippen LogP contribution in [-0.2, 0) is 0 Å². The second kappa shape index (κ2) is 8.36. The molecule has 2 fully saturated rings. The third-order valence-corrected chi connectivity index (χ3v) is 5.19. The first-order chi connectivity index (χ1) is 10.7. The highest BCUT2D eigenvalue weighted by Gasteiger charge is 2.26. The van der Waals surface area contributed by atoms with Gasteiger partial charge in [0, 0.05) is 24.7 Å². The van der Waals surface area contributed by atoms with Gasteiger partial charge in [-0.05, 0) is 72.3 Å². The Kier molecular flexibility index (Phi) is 6.74. The van der Waals surface area contributed by atoms with E-state index in [4.69, 9.17) is 4.74 Å². The minimum atomic E-state index is 0. The van der Waals surface area contributed by atoms with Crippen molar-refractivity contribution in [2.75, 3.05) is 26.7 Å². The van der Waals surface area contributed by atoms with Crippen LogP contribution in [-0.4, -0.2) is 43.6 Å². The van der Waals surface area contributed by atoms with Crippen LogP contribution in [0.1, 0.15) is 36.0 Å². The number of nitrogens with one attached hydrogen (secondary N) is 1. The third-order valence-electron chi connectivity index (χ3n) is 4.57.